The maximum atomic E-state index is 11.9. The number of carbonyl (C=O) groups is 3. The van der Waals surface area contributed by atoms with Crippen LogP contribution in [0.3, 0.4) is 0 Å². The average molecular weight is 380 g/mol. The number of benzene rings is 1. The van der Waals surface area contributed by atoms with Gasteiger partial charge in [0.1, 0.15) is 5.76 Å². The number of amides is 2. The van der Waals surface area contributed by atoms with Crippen LogP contribution in [0.1, 0.15) is 29.5 Å². The predicted octanol–water partition coefficient (Wildman–Crippen LogP) is 2.33. The Labute approximate surface area is 154 Å². The molecule has 138 valence electrons. The number of aryl methyl sites for hydroxylation is 1. The van der Waals surface area contributed by atoms with Gasteiger partial charge in [-0.1, -0.05) is 16.8 Å². The van der Waals surface area contributed by atoms with Gasteiger partial charge in [0.25, 0.3) is 11.8 Å². The summed E-state index contributed by atoms with van der Waals surface area (Å²) in [6.45, 7) is 3.20. The minimum atomic E-state index is -1.01. The number of anilines is 1. The summed E-state index contributed by atoms with van der Waals surface area (Å²) in [6, 6.07) is 7.89. The molecule has 0 spiro atoms. The fourth-order valence-corrected chi connectivity index (χ4v) is 2.07. The average Bonchev–Trinajstić information content (AvgIpc) is 3.00. The third-order valence-corrected chi connectivity index (χ3v) is 3.53. The Hall–Kier alpha value is -2.87. The number of aromatic nitrogens is 1. The van der Waals surface area contributed by atoms with Gasteiger partial charge in [-0.15, -0.1) is 0 Å². The molecule has 0 aliphatic heterocycles. The van der Waals surface area contributed by atoms with Crippen molar-refractivity contribution in [3.63, 3.8) is 0 Å². The Morgan fingerprint density at radius 3 is 2.58 bits per heavy atom. The molecule has 0 aliphatic rings. The van der Waals surface area contributed by atoms with Crippen molar-refractivity contribution >= 4 is 35.2 Å². The summed E-state index contributed by atoms with van der Waals surface area (Å²) in [5.74, 6) is -0.689. The van der Waals surface area contributed by atoms with Crippen LogP contribution in [-0.2, 0) is 14.3 Å². The van der Waals surface area contributed by atoms with Gasteiger partial charge in [-0.25, -0.2) is 0 Å². The Morgan fingerprint density at radius 2 is 1.96 bits per heavy atom. The first kappa shape index (κ1) is 19.5. The molecule has 1 atom stereocenters. The molecule has 9 heteroatoms. The summed E-state index contributed by atoms with van der Waals surface area (Å²) in [5.41, 5.74) is 0.429. The Morgan fingerprint density at radius 1 is 1.27 bits per heavy atom. The monoisotopic (exact) mass is 379 g/mol. The largest absolute Gasteiger partial charge is 0.452 e. The van der Waals surface area contributed by atoms with Crippen LogP contribution in [0.2, 0.25) is 5.02 Å². The van der Waals surface area contributed by atoms with E-state index in [0.717, 1.165) is 0 Å². The highest BCUT2D eigenvalue weighted by molar-refractivity contribution is 6.30. The standard InChI is InChI=1S/C17H18ClN3O5/c1-10-9-14(21-26-10)20-16(23)11(2)25-15(22)7-8-19-17(24)12-3-5-13(18)6-4-12/h3-6,9,11H,7-8H2,1-2H3,(H,19,24)(H,20,21,23)/t11-/m0/s1. The molecule has 2 N–H and O–H groups in total. The second kappa shape index (κ2) is 9.00. The predicted molar refractivity (Wildman–Crippen MR) is 93.8 cm³/mol. The van der Waals surface area contributed by atoms with E-state index < -0.39 is 18.0 Å². The first-order valence-corrected chi connectivity index (χ1v) is 8.20. The molecule has 0 aliphatic carbocycles. The molecule has 0 unspecified atom stereocenters. The Kier molecular flexibility index (Phi) is 6.74. The lowest BCUT2D eigenvalue weighted by atomic mass is 10.2. The third-order valence-electron chi connectivity index (χ3n) is 3.28. The van der Waals surface area contributed by atoms with E-state index >= 15 is 0 Å². The van der Waals surface area contributed by atoms with Crippen LogP contribution >= 0.6 is 11.6 Å². The van der Waals surface area contributed by atoms with Crippen molar-refractivity contribution in [1.82, 2.24) is 10.5 Å². The molecule has 0 bridgehead atoms. The van der Waals surface area contributed by atoms with E-state index in [2.05, 4.69) is 15.8 Å². The molecule has 0 saturated heterocycles. The fourth-order valence-electron chi connectivity index (χ4n) is 1.94. The second-order valence-corrected chi connectivity index (χ2v) is 5.89. The van der Waals surface area contributed by atoms with Crippen LogP contribution in [0.25, 0.3) is 0 Å². The first-order valence-electron chi connectivity index (χ1n) is 7.82. The summed E-state index contributed by atoms with van der Waals surface area (Å²) in [4.78, 5) is 35.6. The quantitative estimate of drug-likeness (QED) is 0.714. The summed E-state index contributed by atoms with van der Waals surface area (Å²) in [5, 5.41) is 9.20. The van der Waals surface area contributed by atoms with Crippen LogP contribution in [0.15, 0.2) is 34.9 Å². The topological polar surface area (TPSA) is 111 Å². The number of hydrogen-bond donors (Lipinski definition) is 2. The molecule has 1 aromatic carbocycles. The SMILES string of the molecule is Cc1cc(NC(=O)[C@H](C)OC(=O)CCNC(=O)c2ccc(Cl)cc2)no1. The second-order valence-electron chi connectivity index (χ2n) is 5.46. The number of hydrogen-bond acceptors (Lipinski definition) is 6. The van der Waals surface area contributed by atoms with Gasteiger partial charge in [0.15, 0.2) is 11.9 Å². The zero-order chi connectivity index (χ0) is 19.1. The number of rotatable bonds is 7. The van der Waals surface area contributed by atoms with E-state index in [4.69, 9.17) is 20.9 Å². The molecular formula is C17H18ClN3O5. The van der Waals surface area contributed by atoms with E-state index in [-0.39, 0.29) is 24.7 Å². The van der Waals surface area contributed by atoms with Crippen molar-refractivity contribution < 1.29 is 23.6 Å². The van der Waals surface area contributed by atoms with Crippen molar-refractivity contribution in [2.75, 3.05) is 11.9 Å². The fraction of sp³-hybridized carbons (Fsp3) is 0.294. The molecule has 2 aromatic rings. The van der Waals surface area contributed by atoms with Gasteiger partial charge in [0.2, 0.25) is 0 Å². The van der Waals surface area contributed by atoms with E-state index in [9.17, 15) is 14.4 Å². The summed E-state index contributed by atoms with van der Waals surface area (Å²) in [7, 11) is 0. The molecule has 0 radical (unpaired) electrons. The molecule has 1 aromatic heterocycles. The molecule has 2 amide bonds. The number of ether oxygens (including phenoxy) is 1. The van der Waals surface area contributed by atoms with Crippen LogP contribution in [-0.4, -0.2) is 35.6 Å². The molecule has 0 fully saturated rings. The van der Waals surface area contributed by atoms with Crippen molar-refractivity contribution in [3.8, 4) is 0 Å². The van der Waals surface area contributed by atoms with E-state index in [1.807, 2.05) is 0 Å². The van der Waals surface area contributed by atoms with Crippen LogP contribution in [0.5, 0.6) is 0 Å². The maximum Gasteiger partial charge on any atom is 0.308 e. The lowest BCUT2D eigenvalue weighted by Crippen LogP contribution is -2.32. The lowest BCUT2D eigenvalue weighted by molar-refractivity contribution is -0.153. The van der Waals surface area contributed by atoms with Gasteiger partial charge in [-0.3, -0.25) is 14.4 Å². The van der Waals surface area contributed by atoms with Crippen molar-refractivity contribution in [2.24, 2.45) is 0 Å². The summed E-state index contributed by atoms with van der Waals surface area (Å²) in [6.07, 6.45) is -1.08. The smallest absolute Gasteiger partial charge is 0.308 e. The van der Waals surface area contributed by atoms with Crippen molar-refractivity contribution in [2.45, 2.75) is 26.4 Å². The zero-order valence-corrected chi connectivity index (χ0v) is 15.0. The van der Waals surface area contributed by atoms with E-state index in [1.54, 1.807) is 37.3 Å². The lowest BCUT2D eigenvalue weighted by Gasteiger charge is -2.12. The van der Waals surface area contributed by atoms with Gasteiger partial charge in [-0.2, -0.15) is 0 Å². The van der Waals surface area contributed by atoms with Crippen LogP contribution in [0.4, 0.5) is 5.82 Å². The normalized spacial score (nSPS) is 11.5. The maximum absolute atomic E-state index is 11.9. The zero-order valence-electron chi connectivity index (χ0n) is 14.2. The number of nitrogens with zero attached hydrogens (tertiary/aromatic N) is 1. The highest BCUT2D eigenvalue weighted by Gasteiger charge is 2.19. The van der Waals surface area contributed by atoms with Gasteiger partial charge in [0, 0.05) is 23.2 Å². The molecule has 2 rings (SSSR count). The molecule has 8 nitrogen and oxygen atoms in total. The number of esters is 1. The highest BCUT2D eigenvalue weighted by Crippen LogP contribution is 2.10. The Bertz CT molecular complexity index is 788. The molecule has 0 saturated carbocycles. The number of nitrogens with one attached hydrogen (secondary N) is 2. The minimum Gasteiger partial charge on any atom is -0.452 e. The van der Waals surface area contributed by atoms with Crippen LogP contribution < -0.4 is 10.6 Å². The molecule has 26 heavy (non-hydrogen) atoms. The summed E-state index contributed by atoms with van der Waals surface area (Å²) < 4.78 is 9.84. The van der Waals surface area contributed by atoms with Gasteiger partial charge in [-0.05, 0) is 38.1 Å². The number of halogens is 1. The van der Waals surface area contributed by atoms with Crippen molar-refractivity contribution in [1.29, 1.82) is 0 Å². The third kappa shape index (κ3) is 5.89. The van der Waals surface area contributed by atoms with Gasteiger partial charge >= 0.3 is 5.97 Å². The van der Waals surface area contributed by atoms with Crippen molar-refractivity contribution in [3.05, 3.63) is 46.7 Å². The van der Waals surface area contributed by atoms with Gasteiger partial charge in [0.05, 0.1) is 6.42 Å². The first-order chi connectivity index (χ1) is 12.3. The van der Waals surface area contributed by atoms with Gasteiger partial charge < -0.3 is 19.9 Å². The number of carbonyl (C=O) groups excluding carboxylic acids is 3. The van der Waals surface area contributed by atoms with E-state index in [0.29, 0.717) is 16.3 Å². The molecular weight excluding hydrogens is 362 g/mol. The van der Waals surface area contributed by atoms with E-state index in [1.165, 1.54) is 6.92 Å². The Balaban J connectivity index is 1.71. The summed E-state index contributed by atoms with van der Waals surface area (Å²) >= 11 is 5.75. The minimum absolute atomic E-state index is 0.0694. The highest BCUT2D eigenvalue weighted by atomic mass is 35.5. The van der Waals surface area contributed by atoms with Crippen LogP contribution in [0, 0.1) is 6.92 Å². The molecule has 1 heterocycles.